The molecule has 2 rings (SSSR count). The minimum atomic E-state index is 0.296. The summed E-state index contributed by atoms with van der Waals surface area (Å²) in [6, 6.07) is 0.721. The topological polar surface area (TPSA) is 38.7 Å². The molecule has 2 fully saturated rings. The van der Waals surface area contributed by atoms with Gasteiger partial charge in [0, 0.05) is 45.3 Å². The average Bonchev–Trinajstić information content (AvgIpc) is 2.33. The molecule has 94 valence electrons. The third-order valence-corrected chi connectivity index (χ3v) is 3.77. The molecule has 0 spiro atoms. The van der Waals surface area contributed by atoms with Crippen molar-refractivity contribution in [3.8, 4) is 0 Å². The van der Waals surface area contributed by atoms with Crippen LogP contribution in [0.3, 0.4) is 0 Å². The fraction of sp³-hybridized carbons (Fsp3) is 1.00. The Balaban J connectivity index is 1.64. The summed E-state index contributed by atoms with van der Waals surface area (Å²) in [5.41, 5.74) is 0. The summed E-state index contributed by atoms with van der Waals surface area (Å²) in [5.74, 6) is 0. The van der Waals surface area contributed by atoms with Gasteiger partial charge in [-0.1, -0.05) is 6.42 Å². The van der Waals surface area contributed by atoms with Gasteiger partial charge in [0.2, 0.25) is 0 Å². The summed E-state index contributed by atoms with van der Waals surface area (Å²) in [7, 11) is 0. The molecule has 2 aliphatic rings. The molecular formula is C12H25N3O. The monoisotopic (exact) mass is 227 g/mol. The van der Waals surface area contributed by atoms with Crippen LogP contribution in [0.2, 0.25) is 0 Å². The van der Waals surface area contributed by atoms with Gasteiger partial charge in [-0.2, -0.15) is 0 Å². The van der Waals surface area contributed by atoms with Gasteiger partial charge in [0.1, 0.15) is 0 Å². The number of hydrogen-bond donors (Lipinski definition) is 2. The maximum atomic E-state index is 8.88. The summed E-state index contributed by atoms with van der Waals surface area (Å²) < 4.78 is 0. The lowest BCUT2D eigenvalue weighted by molar-refractivity contribution is 0.103. The van der Waals surface area contributed by atoms with Gasteiger partial charge in [-0.05, 0) is 19.4 Å². The molecule has 0 aliphatic carbocycles. The Hall–Kier alpha value is -0.160. The van der Waals surface area contributed by atoms with E-state index in [1.165, 1.54) is 32.4 Å². The molecule has 4 heteroatoms. The number of rotatable bonds is 4. The highest BCUT2D eigenvalue weighted by molar-refractivity contribution is 4.79. The standard InChI is InChI=1S/C12H25N3O/c16-10-9-14-5-7-15(8-6-14)11-12-3-1-2-4-13-12/h12-13,16H,1-11H2/t12-/m0/s1. The third kappa shape index (κ3) is 3.70. The van der Waals surface area contributed by atoms with Crippen molar-refractivity contribution in [2.75, 3.05) is 52.4 Å². The first-order valence-electron chi connectivity index (χ1n) is 6.67. The van der Waals surface area contributed by atoms with E-state index in [9.17, 15) is 0 Å². The molecule has 16 heavy (non-hydrogen) atoms. The SMILES string of the molecule is OCCN1CCN(C[C@@H]2CCCCN2)CC1. The largest absolute Gasteiger partial charge is 0.395 e. The van der Waals surface area contributed by atoms with Crippen LogP contribution < -0.4 is 5.32 Å². The summed E-state index contributed by atoms with van der Waals surface area (Å²) in [4.78, 5) is 4.92. The normalized spacial score (nSPS) is 29.4. The highest BCUT2D eigenvalue weighted by Crippen LogP contribution is 2.10. The maximum absolute atomic E-state index is 8.88. The third-order valence-electron chi connectivity index (χ3n) is 3.77. The van der Waals surface area contributed by atoms with Crippen molar-refractivity contribution in [3.63, 3.8) is 0 Å². The van der Waals surface area contributed by atoms with Crippen LogP contribution in [0.1, 0.15) is 19.3 Å². The number of nitrogens with one attached hydrogen (secondary N) is 1. The van der Waals surface area contributed by atoms with Gasteiger partial charge in [0.05, 0.1) is 6.61 Å². The number of piperidine rings is 1. The summed E-state index contributed by atoms with van der Waals surface area (Å²) >= 11 is 0. The molecule has 0 aromatic carbocycles. The molecule has 0 amide bonds. The second-order valence-corrected chi connectivity index (χ2v) is 5.01. The lowest BCUT2D eigenvalue weighted by Crippen LogP contribution is -2.51. The Morgan fingerprint density at radius 1 is 1.06 bits per heavy atom. The number of hydrogen-bond acceptors (Lipinski definition) is 4. The van der Waals surface area contributed by atoms with E-state index in [2.05, 4.69) is 15.1 Å². The number of β-amino-alcohol motifs (C(OH)–C–C–N with tert-alkyl or cyclic N) is 1. The van der Waals surface area contributed by atoms with E-state index in [0.29, 0.717) is 6.61 Å². The zero-order chi connectivity index (χ0) is 11.2. The van der Waals surface area contributed by atoms with Gasteiger partial charge in [-0.25, -0.2) is 0 Å². The molecule has 4 nitrogen and oxygen atoms in total. The Morgan fingerprint density at radius 2 is 1.81 bits per heavy atom. The molecule has 2 heterocycles. The first-order valence-corrected chi connectivity index (χ1v) is 6.67. The second kappa shape index (κ2) is 6.55. The molecule has 0 unspecified atom stereocenters. The van der Waals surface area contributed by atoms with E-state index >= 15 is 0 Å². The van der Waals surface area contributed by atoms with Crippen molar-refractivity contribution in [1.82, 2.24) is 15.1 Å². The van der Waals surface area contributed by atoms with Gasteiger partial charge < -0.3 is 10.4 Å². The van der Waals surface area contributed by atoms with Gasteiger partial charge in [0.25, 0.3) is 0 Å². The van der Waals surface area contributed by atoms with Crippen LogP contribution >= 0.6 is 0 Å². The summed E-state index contributed by atoms with van der Waals surface area (Å²) in [6.07, 6.45) is 4.08. The van der Waals surface area contributed by atoms with Crippen LogP contribution in [0.15, 0.2) is 0 Å². The predicted octanol–water partition coefficient (Wildman–Crippen LogP) is -0.262. The first kappa shape index (κ1) is 12.3. The van der Waals surface area contributed by atoms with Crippen LogP contribution in [-0.4, -0.2) is 73.4 Å². The minimum Gasteiger partial charge on any atom is -0.395 e. The molecule has 1 atom stereocenters. The Bertz CT molecular complexity index is 187. The van der Waals surface area contributed by atoms with Gasteiger partial charge in [0.15, 0.2) is 0 Å². The lowest BCUT2D eigenvalue weighted by atomic mass is 10.0. The summed E-state index contributed by atoms with van der Waals surface area (Å²) in [5, 5.41) is 12.5. The van der Waals surface area contributed by atoms with Crippen molar-refractivity contribution in [2.24, 2.45) is 0 Å². The number of aliphatic hydroxyl groups excluding tert-OH is 1. The van der Waals surface area contributed by atoms with Crippen LogP contribution in [0, 0.1) is 0 Å². The van der Waals surface area contributed by atoms with E-state index in [1.807, 2.05) is 0 Å². The minimum absolute atomic E-state index is 0.296. The molecule has 2 aliphatic heterocycles. The van der Waals surface area contributed by atoms with Crippen molar-refractivity contribution in [3.05, 3.63) is 0 Å². The molecule has 0 bridgehead atoms. The zero-order valence-electron chi connectivity index (χ0n) is 10.2. The van der Waals surface area contributed by atoms with E-state index in [-0.39, 0.29) is 0 Å². The van der Waals surface area contributed by atoms with Crippen LogP contribution in [-0.2, 0) is 0 Å². The predicted molar refractivity (Wildman–Crippen MR) is 65.6 cm³/mol. The van der Waals surface area contributed by atoms with Crippen LogP contribution in [0.25, 0.3) is 0 Å². The smallest absolute Gasteiger partial charge is 0.0558 e. The van der Waals surface area contributed by atoms with Crippen molar-refractivity contribution >= 4 is 0 Å². The fourth-order valence-corrected chi connectivity index (χ4v) is 2.73. The van der Waals surface area contributed by atoms with E-state index in [0.717, 1.165) is 38.8 Å². The first-order chi connectivity index (χ1) is 7.88. The highest BCUT2D eigenvalue weighted by atomic mass is 16.3. The number of nitrogens with zero attached hydrogens (tertiary/aromatic N) is 2. The van der Waals surface area contributed by atoms with Gasteiger partial charge in [-0.3, -0.25) is 9.80 Å². The van der Waals surface area contributed by atoms with Crippen LogP contribution in [0.5, 0.6) is 0 Å². The van der Waals surface area contributed by atoms with Crippen LogP contribution in [0.4, 0.5) is 0 Å². The van der Waals surface area contributed by atoms with Gasteiger partial charge in [-0.15, -0.1) is 0 Å². The molecule has 0 radical (unpaired) electrons. The van der Waals surface area contributed by atoms with E-state index in [4.69, 9.17) is 5.11 Å². The van der Waals surface area contributed by atoms with E-state index in [1.54, 1.807) is 0 Å². The maximum Gasteiger partial charge on any atom is 0.0558 e. The summed E-state index contributed by atoms with van der Waals surface area (Å²) in [6.45, 7) is 8.12. The quantitative estimate of drug-likeness (QED) is 0.694. The molecule has 2 saturated heterocycles. The molecular weight excluding hydrogens is 202 g/mol. The number of aliphatic hydroxyl groups is 1. The number of piperazine rings is 1. The van der Waals surface area contributed by atoms with Crippen molar-refractivity contribution in [2.45, 2.75) is 25.3 Å². The Morgan fingerprint density at radius 3 is 2.44 bits per heavy atom. The van der Waals surface area contributed by atoms with Crippen molar-refractivity contribution < 1.29 is 5.11 Å². The molecule has 0 aromatic rings. The van der Waals surface area contributed by atoms with Crippen molar-refractivity contribution in [1.29, 1.82) is 0 Å². The highest BCUT2D eigenvalue weighted by Gasteiger charge is 2.20. The zero-order valence-corrected chi connectivity index (χ0v) is 10.2. The molecule has 0 saturated carbocycles. The molecule has 2 N–H and O–H groups in total. The lowest BCUT2D eigenvalue weighted by Gasteiger charge is -2.37. The Kier molecular flexibility index (Phi) is 5.03. The van der Waals surface area contributed by atoms with E-state index < -0.39 is 0 Å². The second-order valence-electron chi connectivity index (χ2n) is 5.01. The van der Waals surface area contributed by atoms with Gasteiger partial charge >= 0.3 is 0 Å². The Labute approximate surface area is 98.6 Å². The molecule has 0 aromatic heterocycles. The fourth-order valence-electron chi connectivity index (χ4n) is 2.73. The average molecular weight is 227 g/mol.